The number of nitriles is 1. The number of benzene rings is 1. The highest BCUT2D eigenvalue weighted by atomic mass is 19.4. The van der Waals surface area contributed by atoms with Crippen molar-refractivity contribution in [1.82, 2.24) is 5.32 Å². The summed E-state index contributed by atoms with van der Waals surface area (Å²) in [5.74, 6) is -3.31. The van der Waals surface area contributed by atoms with Crippen LogP contribution in [0.4, 0.5) is 13.2 Å². The van der Waals surface area contributed by atoms with Crippen molar-refractivity contribution in [3.63, 3.8) is 0 Å². The number of carbonyl (C=O) groups excluding carboxylic acids is 1. The van der Waals surface area contributed by atoms with Gasteiger partial charge in [-0.3, -0.25) is 4.79 Å². The van der Waals surface area contributed by atoms with Gasteiger partial charge in [-0.2, -0.15) is 18.4 Å². The molecule has 2 N–H and O–H groups in total. The average Bonchev–Trinajstić information content (AvgIpc) is 2.43. The molecule has 8 heteroatoms. The summed E-state index contributed by atoms with van der Waals surface area (Å²) in [6.45, 7) is 1.41. The van der Waals surface area contributed by atoms with Crippen molar-refractivity contribution in [2.75, 3.05) is 0 Å². The second-order valence-electron chi connectivity index (χ2n) is 4.67. The van der Waals surface area contributed by atoms with Crippen LogP contribution < -0.4 is 5.32 Å². The fraction of sp³-hybridized carbons (Fsp3) is 0.357. The number of aliphatic carboxylic acids is 1. The molecule has 0 aliphatic carbocycles. The van der Waals surface area contributed by atoms with E-state index in [1.165, 1.54) is 13.0 Å². The molecule has 0 saturated heterocycles. The molecular formula is C14H13F3N2O3. The molecule has 0 bridgehead atoms. The third-order valence-corrected chi connectivity index (χ3v) is 3.01. The van der Waals surface area contributed by atoms with Gasteiger partial charge in [0.1, 0.15) is 6.04 Å². The van der Waals surface area contributed by atoms with Crippen LogP contribution in [-0.4, -0.2) is 23.0 Å². The summed E-state index contributed by atoms with van der Waals surface area (Å²) in [5, 5.41) is 19.7. The lowest BCUT2D eigenvalue weighted by atomic mass is 9.98. The Morgan fingerprint density at radius 3 is 2.45 bits per heavy atom. The van der Waals surface area contributed by atoms with Gasteiger partial charge in [-0.25, -0.2) is 4.79 Å². The number of halogens is 3. The van der Waals surface area contributed by atoms with Crippen LogP contribution >= 0.6 is 0 Å². The van der Waals surface area contributed by atoms with Gasteiger partial charge in [-0.1, -0.05) is 19.1 Å². The first-order valence-electron chi connectivity index (χ1n) is 6.25. The minimum absolute atomic E-state index is 0.155. The maximum absolute atomic E-state index is 12.8. The summed E-state index contributed by atoms with van der Waals surface area (Å²) in [6, 6.07) is 4.39. The molecule has 22 heavy (non-hydrogen) atoms. The molecule has 1 aromatic rings. The number of nitrogens with one attached hydrogen (secondary N) is 1. The van der Waals surface area contributed by atoms with Crippen LogP contribution in [0.1, 0.15) is 29.3 Å². The van der Waals surface area contributed by atoms with E-state index in [2.05, 4.69) is 0 Å². The van der Waals surface area contributed by atoms with Crippen molar-refractivity contribution in [2.24, 2.45) is 5.92 Å². The number of rotatable bonds is 5. The molecule has 0 spiro atoms. The number of hydrogen-bond acceptors (Lipinski definition) is 3. The Bertz CT molecular complexity index is 608. The van der Waals surface area contributed by atoms with E-state index in [0.29, 0.717) is 0 Å². The highest BCUT2D eigenvalue weighted by molar-refractivity contribution is 5.98. The largest absolute Gasteiger partial charge is 0.480 e. The van der Waals surface area contributed by atoms with Crippen molar-refractivity contribution in [3.05, 3.63) is 35.4 Å². The first-order valence-corrected chi connectivity index (χ1v) is 6.25. The summed E-state index contributed by atoms with van der Waals surface area (Å²) in [5.41, 5.74) is -1.81. The average molecular weight is 314 g/mol. The zero-order chi connectivity index (χ0) is 16.9. The van der Waals surface area contributed by atoms with E-state index in [0.717, 1.165) is 18.2 Å². The normalized spacial score (nSPS) is 13.8. The smallest absolute Gasteiger partial charge is 0.417 e. The number of alkyl halides is 3. The van der Waals surface area contributed by atoms with Crippen LogP contribution in [0.2, 0.25) is 0 Å². The summed E-state index contributed by atoms with van der Waals surface area (Å²) < 4.78 is 38.5. The van der Waals surface area contributed by atoms with Gasteiger partial charge in [0.05, 0.1) is 17.2 Å². The van der Waals surface area contributed by atoms with E-state index in [1.54, 1.807) is 6.07 Å². The Hall–Kier alpha value is -2.56. The molecule has 5 nitrogen and oxygen atoms in total. The highest BCUT2D eigenvalue weighted by Crippen LogP contribution is 2.31. The molecule has 1 amide bonds. The molecule has 0 aromatic heterocycles. The molecule has 2 atom stereocenters. The monoisotopic (exact) mass is 314 g/mol. The zero-order valence-corrected chi connectivity index (χ0v) is 11.5. The zero-order valence-electron chi connectivity index (χ0n) is 11.5. The number of carboxylic acids is 1. The van der Waals surface area contributed by atoms with Crippen LogP contribution in [-0.2, 0) is 11.0 Å². The Kier molecular flexibility index (Phi) is 5.51. The first kappa shape index (κ1) is 17.5. The van der Waals surface area contributed by atoms with Gasteiger partial charge < -0.3 is 10.4 Å². The Labute approximate surface area is 124 Å². The van der Waals surface area contributed by atoms with Gasteiger partial charge in [0.15, 0.2) is 0 Å². The molecule has 0 fully saturated rings. The molecule has 0 unspecified atom stereocenters. The third kappa shape index (κ3) is 4.22. The number of amides is 1. The van der Waals surface area contributed by atoms with E-state index in [-0.39, 0.29) is 6.42 Å². The first-order chi connectivity index (χ1) is 10.2. The quantitative estimate of drug-likeness (QED) is 0.873. The van der Waals surface area contributed by atoms with Crippen LogP contribution in [0.15, 0.2) is 24.3 Å². The molecular weight excluding hydrogens is 301 g/mol. The molecule has 0 saturated carbocycles. The predicted molar refractivity (Wildman–Crippen MR) is 69.7 cm³/mol. The van der Waals surface area contributed by atoms with Crippen molar-refractivity contribution in [3.8, 4) is 6.07 Å². The van der Waals surface area contributed by atoms with Crippen molar-refractivity contribution in [2.45, 2.75) is 25.6 Å². The lowest BCUT2D eigenvalue weighted by molar-refractivity contribution is -0.140. The minimum atomic E-state index is -4.73. The standard InChI is InChI=1S/C14H13F3N2O3/c1-8(6-7-18)11(13(21)22)19-12(20)9-4-2-3-5-10(9)14(15,16)17/h2-5,8,11H,6H2,1H3,(H,19,20)(H,21,22)/t8-,11+/m0/s1. The molecule has 1 aromatic carbocycles. The second-order valence-corrected chi connectivity index (χ2v) is 4.67. The van der Waals surface area contributed by atoms with Crippen LogP contribution in [0.25, 0.3) is 0 Å². The van der Waals surface area contributed by atoms with Crippen molar-refractivity contribution >= 4 is 11.9 Å². The molecule has 1 rings (SSSR count). The third-order valence-electron chi connectivity index (χ3n) is 3.01. The van der Waals surface area contributed by atoms with Gasteiger partial charge in [0.25, 0.3) is 5.91 Å². The van der Waals surface area contributed by atoms with Gasteiger partial charge >= 0.3 is 12.1 Å². The Balaban J connectivity index is 3.07. The molecule has 118 valence electrons. The lowest BCUT2D eigenvalue weighted by Crippen LogP contribution is -2.45. The summed E-state index contributed by atoms with van der Waals surface area (Å²) in [6.07, 6.45) is -4.89. The minimum Gasteiger partial charge on any atom is -0.480 e. The van der Waals surface area contributed by atoms with Crippen LogP contribution in [0.3, 0.4) is 0 Å². The lowest BCUT2D eigenvalue weighted by Gasteiger charge is -2.20. The topological polar surface area (TPSA) is 90.2 Å². The number of hydrogen-bond donors (Lipinski definition) is 2. The van der Waals surface area contributed by atoms with Crippen LogP contribution in [0, 0.1) is 17.2 Å². The van der Waals surface area contributed by atoms with Crippen molar-refractivity contribution in [1.29, 1.82) is 5.26 Å². The fourth-order valence-corrected chi connectivity index (χ4v) is 1.86. The number of carboxylic acid groups (broad SMARTS) is 1. The number of carbonyl (C=O) groups is 2. The number of nitrogens with zero attached hydrogens (tertiary/aromatic N) is 1. The SMILES string of the molecule is C[C@@H](CC#N)[C@@H](NC(=O)c1ccccc1C(F)(F)F)C(=O)O. The molecule has 0 aliphatic heterocycles. The predicted octanol–water partition coefficient (Wildman–Crippen LogP) is 2.44. The maximum Gasteiger partial charge on any atom is 0.417 e. The summed E-state index contributed by atoms with van der Waals surface area (Å²) >= 11 is 0. The van der Waals surface area contributed by atoms with Gasteiger partial charge in [0.2, 0.25) is 0 Å². The van der Waals surface area contributed by atoms with Gasteiger partial charge in [0, 0.05) is 12.3 Å². The summed E-state index contributed by atoms with van der Waals surface area (Å²) in [7, 11) is 0. The molecule has 0 aliphatic rings. The van der Waals surface area contributed by atoms with E-state index in [9.17, 15) is 22.8 Å². The van der Waals surface area contributed by atoms with E-state index in [4.69, 9.17) is 10.4 Å². The van der Waals surface area contributed by atoms with Crippen LogP contribution in [0.5, 0.6) is 0 Å². The maximum atomic E-state index is 12.8. The fourth-order valence-electron chi connectivity index (χ4n) is 1.86. The highest BCUT2D eigenvalue weighted by Gasteiger charge is 2.36. The van der Waals surface area contributed by atoms with E-state index < -0.39 is 41.1 Å². The van der Waals surface area contributed by atoms with Gasteiger partial charge in [-0.05, 0) is 12.1 Å². The second kappa shape index (κ2) is 6.93. The Morgan fingerprint density at radius 2 is 1.95 bits per heavy atom. The van der Waals surface area contributed by atoms with Gasteiger partial charge in [-0.15, -0.1) is 0 Å². The molecule has 0 heterocycles. The summed E-state index contributed by atoms with van der Waals surface area (Å²) in [4.78, 5) is 23.1. The Morgan fingerprint density at radius 1 is 1.36 bits per heavy atom. The molecule has 0 radical (unpaired) electrons. The van der Waals surface area contributed by atoms with Crippen molar-refractivity contribution < 1.29 is 27.9 Å². The van der Waals surface area contributed by atoms with E-state index >= 15 is 0 Å². The van der Waals surface area contributed by atoms with E-state index in [1.807, 2.05) is 5.32 Å².